The Morgan fingerprint density at radius 2 is 2.34 bits per heavy atom. The molecule has 1 saturated heterocycles. The van der Waals surface area contributed by atoms with E-state index in [1.165, 1.54) is 0 Å². The molecule has 3 heterocycles. The van der Waals surface area contributed by atoms with Gasteiger partial charge in [-0.05, 0) is 32.1 Å². The molecule has 3 N–H and O–H groups in total. The second-order valence-electron chi connectivity index (χ2n) is 6.94. The number of hydrogen-bond donors (Lipinski definition) is 2. The van der Waals surface area contributed by atoms with Gasteiger partial charge in [-0.15, -0.1) is 6.42 Å². The third kappa shape index (κ3) is 4.46. The molecule has 1 aromatic heterocycles. The average Bonchev–Trinajstić information content (AvgIpc) is 2.88. The summed E-state index contributed by atoms with van der Waals surface area (Å²) < 4.78 is 29.4. The topological polar surface area (TPSA) is 129 Å². The highest BCUT2D eigenvalue weighted by molar-refractivity contribution is 5.73. The molecule has 3 rings (SSSR count). The lowest BCUT2D eigenvalue weighted by Crippen LogP contribution is -2.44. The number of aryl methyl sites for hydroxylation is 1. The summed E-state index contributed by atoms with van der Waals surface area (Å²) in [6.07, 6.45) is 6.25. The van der Waals surface area contributed by atoms with Gasteiger partial charge in [0.05, 0.1) is 25.0 Å². The van der Waals surface area contributed by atoms with Gasteiger partial charge in [-0.3, -0.25) is 4.99 Å². The number of nitrogens with zero attached hydrogens (tertiary/aromatic N) is 3. The van der Waals surface area contributed by atoms with Crippen LogP contribution in [0.2, 0.25) is 0 Å². The van der Waals surface area contributed by atoms with E-state index in [-0.39, 0.29) is 24.4 Å². The van der Waals surface area contributed by atoms with Crippen LogP contribution in [0.4, 0.5) is 20.7 Å². The molecule has 10 heteroatoms. The van der Waals surface area contributed by atoms with Gasteiger partial charge in [-0.25, -0.2) is 9.78 Å². The molecule has 0 amide bonds. The van der Waals surface area contributed by atoms with Crippen LogP contribution in [0, 0.1) is 24.3 Å². The van der Waals surface area contributed by atoms with Crippen LogP contribution in [0.5, 0.6) is 0 Å². The maximum Gasteiger partial charge on any atom is 0.508 e. The first kappa shape index (κ1) is 21.0. The van der Waals surface area contributed by atoms with Crippen molar-refractivity contribution in [3.63, 3.8) is 0 Å². The molecule has 156 valence electrons. The van der Waals surface area contributed by atoms with Crippen molar-refractivity contribution >= 4 is 23.9 Å². The summed E-state index contributed by atoms with van der Waals surface area (Å²) in [6, 6.07) is 0. The van der Waals surface area contributed by atoms with E-state index in [4.69, 9.17) is 26.4 Å². The minimum Gasteiger partial charge on any atom is -0.435 e. The van der Waals surface area contributed by atoms with Crippen LogP contribution in [-0.2, 0) is 20.6 Å². The van der Waals surface area contributed by atoms with Gasteiger partial charge in [0.25, 0.3) is 0 Å². The summed E-state index contributed by atoms with van der Waals surface area (Å²) >= 11 is 0. The minimum absolute atomic E-state index is 0.00366. The van der Waals surface area contributed by atoms with E-state index >= 15 is 0 Å². The normalized spacial score (nSPS) is 28.3. The molecule has 0 aromatic carbocycles. The number of aliphatic imine (C=N–C) groups is 1. The fraction of sp³-hybridized carbons (Fsp3) is 0.579. The summed E-state index contributed by atoms with van der Waals surface area (Å²) in [5.41, 5.74) is 5.14. The Kier molecular flexibility index (Phi) is 6.30. The smallest absolute Gasteiger partial charge is 0.435 e. The third-order valence-corrected chi connectivity index (χ3v) is 5.04. The van der Waals surface area contributed by atoms with Gasteiger partial charge in [0.2, 0.25) is 0 Å². The molecule has 0 saturated carbocycles. The van der Waals surface area contributed by atoms with Gasteiger partial charge in [0.1, 0.15) is 5.69 Å². The van der Waals surface area contributed by atoms with E-state index in [1.807, 2.05) is 0 Å². The Morgan fingerprint density at radius 1 is 1.55 bits per heavy atom. The first-order valence-electron chi connectivity index (χ1n) is 9.36. The van der Waals surface area contributed by atoms with Crippen LogP contribution in [-0.4, -0.2) is 58.5 Å². The molecule has 2 aliphatic rings. The molecule has 1 unspecified atom stereocenters. The number of carbonyl (C=O) groups is 1. The molecule has 9 nitrogen and oxygen atoms in total. The lowest BCUT2D eigenvalue weighted by Gasteiger charge is -2.26. The van der Waals surface area contributed by atoms with Crippen LogP contribution >= 0.6 is 0 Å². The van der Waals surface area contributed by atoms with Crippen molar-refractivity contribution in [1.82, 2.24) is 9.97 Å². The number of anilines is 1. The highest BCUT2D eigenvalue weighted by Gasteiger charge is 2.50. The second kappa shape index (κ2) is 8.71. The van der Waals surface area contributed by atoms with Crippen LogP contribution in [0.1, 0.15) is 31.9 Å². The number of aliphatic hydroxyl groups excluding tert-OH is 1. The average molecular weight is 406 g/mol. The van der Waals surface area contributed by atoms with Crippen LogP contribution in [0.3, 0.4) is 0 Å². The van der Waals surface area contributed by atoms with Crippen LogP contribution in [0.15, 0.2) is 4.99 Å². The molecular weight excluding hydrogens is 383 g/mol. The van der Waals surface area contributed by atoms with Crippen molar-refractivity contribution in [3.05, 3.63) is 11.8 Å². The number of aromatic nitrogens is 2. The van der Waals surface area contributed by atoms with Gasteiger partial charge in [-0.2, -0.15) is 9.37 Å². The number of fused-ring (bicyclic) bond motifs is 1. The predicted octanol–water partition coefficient (Wildman–Crippen LogP) is 1.55. The zero-order chi connectivity index (χ0) is 21.0. The lowest BCUT2D eigenvalue weighted by molar-refractivity contribution is -0.0852. The highest BCUT2D eigenvalue weighted by atomic mass is 19.1. The van der Waals surface area contributed by atoms with Crippen molar-refractivity contribution in [3.8, 4) is 12.3 Å². The molecule has 0 radical (unpaired) electrons. The Bertz CT molecular complexity index is 843. The Morgan fingerprint density at radius 3 is 3.03 bits per heavy atom. The van der Waals surface area contributed by atoms with Crippen LogP contribution in [0.25, 0.3) is 0 Å². The van der Waals surface area contributed by atoms with Gasteiger partial charge in [-0.1, -0.05) is 5.92 Å². The zero-order valence-electron chi connectivity index (χ0n) is 16.0. The first-order valence-corrected chi connectivity index (χ1v) is 9.36. The molecule has 2 aliphatic heterocycles. The lowest BCUT2D eigenvalue weighted by atomic mass is 9.93. The van der Waals surface area contributed by atoms with Gasteiger partial charge in [0, 0.05) is 12.6 Å². The number of aliphatic hydroxyl groups is 1. The number of hydrogen-bond acceptors (Lipinski definition) is 9. The standard InChI is InChI=1S/C19H23FN4O5/c1-3-19(10-25)14(28-18(26)27-4-2)8-12(29-19)7-11-5-6-13-15(22-9-11)16(21)24-17(20)23-13/h1,9,11-12,14,25H,4-8,10H2,2H3,(H2,21,23,24)/t11?,12-,14-,19+/m0/s1. The molecule has 0 spiro atoms. The molecule has 0 bridgehead atoms. The molecule has 0 aliphatic carbocycles. The highest BCUT2D eigenvalue weighted by Crippen LogP contribution is 2.37. The molecular formula is C19H23FN4O5. The van der Waals surface area contributed by atoms with E-state index in [0.717, 1.165) is 0 Å². The number of terminal acetylenes is 1. The number of ether oxygens (including phenoxy) is 3. The summed E-state index contributed by atoms with van der Waals surface area (Å²) in [5, 5.41) is 9.78. The van der Waals surface area contributed by atoms with Crippen molar-refractivity contribution in [2.75, 3.05) is 18.9 Å². The van der Waals surface area contributed by atoms with Gasteiger partial charge in [0.15, 0.2) is 17.5 Å². The summed E-state index contributed by atoms with van der Waals surface area (Å²) in [6.45, 7) is 1.31. The second-order valence-corrected chi connectivity index (χ2v) is 6.94. The van der Waals surface area contributed by atoms with E-state index in [2.05, 4.69) is 20.9 Å². The third-order valence-electron chi connectivity index (χ3n) is 5.04. The SMILES string of the molecule is C#C[C@]1(CO)O[C@@H](CC2C=Nc3c(N)nc(F)nc3CC2)C[C@@H]1OC(=O)OCC. The quantitative estimate of drug-likeness (QED) is 0.428. The maximum absolute atomic E-state index is 13.4. The largest absolute Gasteiger partial charge is 0.508 e. The van der Waals surface area contributed by atoms with Gasteiger partial charge < -0.3 is 25.1 Å². The van der Waals surface area contributed by atoms with E-state index in [1.54, 1.807) is 13.1 Å². The Labute approximate surface area is 167 Å². The van der Waals surface area contributed by atoms with Crippen molar-refractivity contribution in [2.45, 2.75) is 50.4 Å². The van der Waals surface area contributed by atoms with Crippen molar-refractivity contribution in [2.24, 2.45) is 10.9 Å². The fourth-order valence-electron chi connectivity index (χ4n) is 3.62. The maximum atomic E-state index is 13.4. The number of nitrogen functional groups attached to an aromatic ring is 1. The number of nitrogens with two attached hydrogens (primary N) is 1. The zero-order valence-corrected chi connectivity index (χ0v) is 16.0. The molecule has 1 fully saturated rings. The van der Waals surface area contributed by atoms with Gasteiger partial charge >= 0.3 is 12.2 Å². The molecule has 1 aromatic rings. The number of carbonyl (C=O) groups excluding carboxylic acids is 1. The minimum atomic E-state index is -1.43. The van der Waals surface area contributed by atoms with E-state index in [0.29, 0.717) is 37.1 Å². The van der Waals surface area contributed by atoms with Crippen molar-refractivity contribution < 1.29 is 28.5 Å². The summed E-state index contributed by atoms with van der Waals surface area (Å²) in [5.74, 6) is 2.38. The Hall–Kier alpha value is -2.77. The predicted molar refractivity (Wildman–Crippen MR) is 101 cm³/mol. The summed E-state index contributed by atoms with van der Waals surface area (Å²) in [7, 11) is 0. The fourth-order valence-corrected chi connectivity index (χ4v) is 3.62. The number of halogens is 1. The molecule has 4 atom stereocenters. The van der Waals surface area contributed by atoms with E-state index in [9.17, 15) is 14.3 Å². The first-order chi connectivity index (χ1) is 13.9. The van der Waals surface area contributed by atoms with E-state index < -0.39 is 30.5 Å². The monoisotopic (exact) mass is 406 g/mol. The van der Waals surface area contributed by atoms with Crippen molar-refractivity contribution in [1.29, 1.82) is 0 Å². The van der Waals surface area contributed by atoms with Crippen LogP contribution < -0.4 is 5.73 Å². The Balaban J connectivity index is 1.69. The summed E-state index contributed by atoms with van der Waals surface area (Å²) in [4.78, 5) is 23.3. The number of rotatable bonds is 5. The molecule has 29 heavy (non-hydrogen) atoms.